The molecule has 100 valence electrons. The minimum atomic E-state index is 0.381. The molecule has 0 aliphatic rings. The molecule has 0 spiro atoms. The topological polar surface area (TPSA) is 12.0 Å². The lowest BCUT2D eigenvalue weighted by Gasteiger charge is -2.17. The molecule has 0 radical (unpaired) electrons. The van der Waals surface area contributed by atoms with Crippen molar-refractivity contribution in [2.24, 2.45) is 0 Å². The van der Waals surface area contributed by atoms with Crippen molar-refractivity contribution in [3.63, 3.8) is 0 Å². The fraction of sp³-hybridized carbons (Fsp3) is 0.294. The average Bonchev–Trinajstić information content (AvgIpc) is 2.47. The van der Waals surface area contributed by atoms with E-state index in [0.29, 0.717) is 6.04 Å². The summed E-state index contributed by atoms with van der Waals surface area (Å²) in [5.41, 5.74) is 4.13. The van der Waals surface area contributed by atoms with E-state index in [1.54, 1.807) is 0 Å². The molecule has 1 atom stereocenters. The molecule has 1 nitrogen and oxygen atoms in total. The molecule has 0 aromatic heterocycles. The Labute approximate surface area is 129 Å². The number of hydrogen-bond donors (Lipinski definition) is 1. The second-order valence-corrected chi connectivity index (χ2v) is 6.01. The number of likely N-dealkylation sites (N-methyl/N-ethyl adjacent to an activating group) is 1. The lowest BCUT2D eigenvalue weighted by Crippen LogP contribution is -2.18. The maximum Gasteiger partial charge on any atom is 0.0358 e. The first-order valence-corrected chi connectivity index (χ1v) is 7.81. The molecule has 1 unspecified atom stereocenters. The molecule has 2 heteroatoms. The molecule has 0 aliphatic heterocycles. The Morgan fingerprint density at radius 1 is 0.947 bits per heavy atom. The standard InChI is InChI=1S/C17H20IN/c1-3-13-4-8-15(9-5-13)17(19-2)12-14-6-10-16(18)11-7-14/h4-11,17,19H,3,12H2,1-2H3. The van der Waals surface area contributed by atoms with E-state index in [-0.39, 0.29) is 0 Å². The summed E-state index contributed by atoms with van der Waals surface area (Å²) < 4.78 is 1.29. The zero-order valence-corrected chi connectivity index (χ0v) is 13.6. The van der Waals surface area contributed by atoms with Crippen molar-refractivity contribution in [1.82, 2.24) is 5.32 Å². The van der Waals surface area contributed by atoms with Gasteiger partial charge in [0.15, 0.2) is 0 Å². The zero-order valence-electron chi connectivity index (χ0n) is 11.5. The van der Waals surface area contributed by atoms with Crippen LogP contribution in [0.5, 0.6) is 0 Å². The van der Waals surface area contributed by atoms with Gasteiger partial charge in [0.2, 0.25) is 0 Å². The van der Waals surface area contributed by atoms with E-state index < -0.39 is 0 Å². The average molecular weight is 365 g/mol. The monoisotopic (exact) mass is 365 g/mol. The van der Waals surface area contributed by atoms with Crippen LogP contribution in [0.1, 0.15) is 29.7 Å². The van der Waals surface area contributed by atoms with Gasteiger partial charge < -0.3 is 5.32 Å². The Balaban J connectivity index is 2.12. The number of halogens is 1. The van der Waals surface area contributed by atoms with Crippen LogP contribution in [0.3, 0.4) is 0 Å². The fourth-order valence-corrected chi connectivity index (χ4v) is 2.59. The van der Waals surface area contributed by atoms with Crippen molar-refractivity contribution in [2.75, 3.05) is 7.05 Å². The summed E-state index contributed by atoms with van der Waals surface area (Å²) in [5.74, 6) is 0. The number of rotatable bonds is 5. The second-order valence-electron chi connectivity index (χ2n) is 4.77. The molecular formula is C17H20IN. The van der Waals surface area contributed by atoms with Crippen LogP contribution in [0.25, 0.3) is 0 Å². The van der Waals surface area contributed by atoms with Gasteiger partial charge in [-0.25, -0.2) is 0 Å². The third-order valence-corrected chi connectivity index (χ3v) is 4.21. The van der Waals surface area contributed by atoms with Gasteiger partial charge in [-0.3, -0.25) is 0 Å². The van der Waals surface area contributed by atoms with Gasteiger partial charge in [0.25, 0.3) is 0 Å². The summed E-state index contributed by atoms with van der Waals surface area (Å²) in [4.78, 5) is 0. The molecule has 19 heavy (non-hydrogen) atoms. The summed E-state index contributed by atoms with van der Waals surface area (Å²) >= 11 is 2.34. The van der Waals surface area contributed by atoms with Gasteiger partial charge in [-0.1, -0.05) is 43.3 Å². The molecule has 1 N–H and O–H groups in total. The van der Waals surface area contributed by atoms with Crippen molar-refractivity contribution in [2.45, 2.75) is 25.8 Å². The first-order valence-electron chi connectivity index (χ1n) is 6.73. The van der Waals surface area contributed by atoms with Gasteiger partial charge >= 0.3 is 0 Å². The van der Waals surface area contributed by atoms with Crippen LogP contribution in [-0.4, -0.2) is 7.05 Å². The Morgan fingerprint density at radius 3 is 2.05 bits per heavy atom. The molecule has 0 amide bonds. The smallest absolute Gasteiger partial charge is 0.0358 e. The van der Waals surface area contributed by atoms with Crippen molar-refractivity contribution < 1.29 is 0 Å². The molecule has 0 saturated heterocycles. The minimum absolute atomic E-state index is 0.381. The van der Waals surface area contributed by atoms with E-state index in [1.807, 2.05) is 7.05 Å². The summed E-state index contributed by atoms with van der Waals surface area (Å²) in [6.07, 6.45) is 2.13. The van der Waals surface area contributed by atoms with Gasteiger partial charge in [0.1, 0.15) is 0 Å². The normalized spacial score (nSPS) is 12.4. The van der Waals surface area contributed by atoms with Crippen LogP contribution in [0.4, 0.5) is 0 Å². The van der Waals surface area contributed by atoms with E-state index in [0.717, 1.165) is 12.8 Å². The van der Waals surface area contributed by atoms with Gasteiger partial charge in [0.05, 0.1) is 0 Å². The van der Waals surface area contributed by atoms with Crippen molar-refractivity contribution in [1.29, 1.82) is 0 Å². The summed E-state index contributed by atoms with van der Waals surface area (Å²) in [6, 6.07) is 18.1. The summed E-state index contributed by atoms with van der Waals surface area (Å²) in [6.45, 7) is 2.19. The van der Waals surface area contributed by atoms with Gasteiger partial charge in [-0.15, -0.1) is 0 Å². The number of hydrogen-bond acceptors (Lipinski definition) is 1. The van der Waals surface area contributed by atoms with Crippen LogP contribution in [0.15, 0.2) is 48.5 Å². The highest BCUT2D eigenvalue weighted by Gasteiger charge is 2.09. The van der Waals surface area contributed by atoms with Gasteiger partial charge in [0, 0.05) is 9.61 Å². The molecular weight excluding hydrogens is 345 g/mol. The predicted molar refractivity (Wildman–Crippen MR) is 90.5 cm³/mol. The maximum absolute atomic E-state index is 3.42. The molecule has 0 fully saturated rings. The Morgan fingerprint density at radius 2 is 1.53 bits per heavy atom. The third kappa shape index (κ3) is 4.05. The second kappa shape index (κ2) is 7.06. The molecule has 0 bridgehead atoms. The van der Waals surface area contributed by atoms with Gasteiger partial charge in [-0.2, -0.15) is 0 Å². The van der Waals surface area contributed by atoms with E-state index in [4.69, 9.17) is 0 Å². The Hall–Kier alpha value is -0.870. The fourth-order valence-electron chi connectivity index (χ4n) is 2.23. The van der Waals surface area contributed by atoms with Crippen molar-refractivity contribution >= 4 is 22.6 Å². The van der Waals surface area contributed by atoms with Crippen LogP contribution in [0.2, 0.25) is 0 Å². The largest absolute Gasteiger partial charge is 0.313 e. The summed E-state index contributed by atoms with van der Waals surface area (Å²) in [7, 11) is 2.03. The molecule has 2 aromatic rings. The van der Waals surface area contributed by atoms with Crippen molar-refractivity contribution in [3.05, 3.63) is 68.8 Å². The molecule has 0 saturated carbocycles. The molecule has 2 aromatic carbocycles. The maximum atomic E-state index is 3.42. The first kappa shape index (κ1) is 14.5. The van der Waals surface area contributed by atoms with E-state index in [9.17, 15) is 0 Å². The SMILES string of the molecule is CCc1ccc(C(Cc2ccc(I)cc2)NC)cc1. The van der Waals surface area contributed by atoms with E-state index in [2.05, 4.69) is 83.4 Å². The van der Waals surface area contributed by atoms with Crippen LogP contribution in [0, 0.1) is 3.57 Å². The Kier molecular flexibility index (Phi) is 5.40. The van der Waals surface area contributed by atoms with Crippen LogP contribution in [-0.2, 0) is 12.8 Å². The highest BCUT2D eigenvalue weighted by Crippen LogP contribution is 2.19. The van der Waals surface area contributed by atoms with Crippen LogP contribution >= 0.6 is 22.6 Å². The van der Waals surface area contributed by atoms with Gasteiger partial charge in [-0.05, 0) is 71.3 Å². The number of aryl methyl sites for hydroxylation is 1. The quantitative estimate of drug-likeness (QED) is 0.777. The van der Waals surface area contributed by atoms with E-state index >= 15 is 0 Å². The number of nitrogens with one attached hydrogen (secondary N) is 1. The highest BCUT2D eigenvalue weighted by molar-refractivity contribution is 14.1. The van der Waals surface area contributed by atoms with Crippen LogP contribution < -0.4 is 5.32 Å². The molecule has 0 heterocycles. The predicted octanol–water partition coefficient (Wildman–Crippen LogP) is 4.36. The molecule has 2 rings (SSSR count). The van der Waals surface area contributed by atoms with E-state index in [1.165, 1.54) is 20.3 Å². The lowest BCUT2D eigenvalue weighted by molar-refractivity contribution is 0.592. The minimum Gasteiger partial charge on any atom is -0.313 e. The highest BCUT2D eigenvalue weighted by atomic mass is 127. The zero-order chi connectivity index (χ0) is 13.7. The lowest BCUT2D eigenvalue weighted by atomic mass is 9.98. The third-order valence-electron chi connectivity index (χ3n) is 3.49. The molecule has 0 aliphatic carbocycles. The van der Waals surface area contributed by atoms with Crippen molar-refractivity contribution in [3.8, 4) is 0 Å². The number of benzene rings is 2. The Bertz CT molecular complexity index is 502. The first-order chi connectivity index (χ1) is 9.22. The summed E-state index contributed by atoms with van der Waals surface area (Å²) in [5, 5.41) is 3.42.